The smallest absolute Gasteiger partial charge is 0.233 e. The Morgan fingerprint density at radius 1 is 1.53 bits per heavy atom. The van der Waals surface area contributed by atoms with Crippen LogP contribution in [0.5, 0.6) is 0 Å². The highest BCUT2D eigenvalue weighted by Crippen LogP contribution is 2.41. The number of carbonyl (C=O) groups excluding carboxylic acids is 1. The minimum absolute atomic E-state index is 0.0772. The van der Waals surface area contributed by atoms with Crippen LogP contribution in [0.3, 0.4) is 0 Å². The second kappa shape index (κ2) is 4.89. The van der Waals surface area contributed by atoms with Crippen molar-refractivity contribution < 1.29 is 13.2 Å². The lowest BCUT2D eigenvalue weighted by molar-refractivity contribution is -0.131. The van der Waals surface area contributed by atoms with Crippen molar-refractivity contribution in [3.8, 4) is 0 Å². The van der Waals surface area contributed by atoms with Crippen LogP contribution >= 0.6 is 12.2 Å². The van der Waals surface area contributed by atoms with Gasteiger partial charge in [-0.2, -0.15) is 0 Å². The van der Waals surface area contributed by atoms with E-state index in [0.717, 1.165) is 12.7 Å². The van der Waals surface area contributed by atoms with Crippen molar-refractivity contribution in [2.24, 2.45) is 11.1 Å². The summed E-state index contributed by atoms with van der Waals surface area (Å²) in [5.74, 6) is -0.320. The average molecular weight is 278 g/mol. The van der Waals surface area contributed by atoms with Crippen molar-refractivity contribution >= 4 is 33.0 Å². The highest BCUT2D eigenvalue weighted by molar-refractivity contribution is 7.90. The predicted molar refractivity (Wildman–Crippen MR) is 70.4 cm³/mol. The summed E-state index contributed by atoms with van der Waals surface area (Å²) in [5, 5.41) is 2.67. The second-order valence-corrected chi connectivity index (χ2v) is 7.39. The fourth-order valence-electron chi connectivity index (χ4n) is 1.97. The molecule has 1 atom stereocenters. The topological polar surface area (TPSA) is 89.3 Å². The molecule has 0 aromatic rings. The number of carbonyl (C=O) groups is 1. The Morgan fingerprint density at radius 3 is 2.35 bits per heavy atom. The first kappa shape index (κ1) is 14.4. The fraction of sp³-hybridized carbons (Fsp3) is 0.800. The highest BCUT2D eigenvalue weighted by Gasteiger charge is 2.47. The highest BCUT2D eigenvalue weighted by atomic mass is 32.2. The van der Waals surface area contributed by atoms with Gasteiger partial charge >= 0.3 is 0 Å². The van der Waals surface area contributed by atoms with E-state index in [9.17, 15) is 13.2 Å². The van der Waals surface area contributed by atoms with E-state index in [-0.39, 0.29) is 16.6 Å². The summed E-state index contributed by atoms with van der Waals surface area (Å²) in [6.45, 7) is 1.66. The van der Waals surface area contributed by atoms with Gasteiger partial charge in [-0.15, -0.1) is 0 Å². The molecular formula is C10H18N2O3S2. The minimum atomic E-state index is -3.10. The van der Waals surface area contributed by atoms with Crippen LogP contribution in [-0.2, 0) is 14.6 Å². The molecule has 3 N–H and O–H groups in total. The van der Waals surface area contributed by atoms with Crippen molar-refractivity contribution in [1.29, 1.82) is 0 Å². The van der Waals surface area contributed by atoms with Gasteiger partial charge in [-0.3, -0.25) is 4.79 Å². The Kier molecular flexibility index (Phi) is 4.14. The molecule has 0 heterocycles. The van der Waals surface area contributed by atoms with Gasteiger partial charge in [0.15, 0.2) is 0 Å². The fourth-order valence-corrected chi connectivity index (χ4v) is 3.26. The molecule has 1 rings (SSSR count). The molecule has 1 saturated carbocycles. The summed E-state index contributed by atoms with van der Waals surface area (Å²) < 4.78 is 22.2. The third kappa shape index (κ3) is 3.38. The lowest BCUT2D eigenvalue weighted by Crippen LogP contribution is -2.55. The molecule has 0 saturated heterocycles. The maximum Gasteiger partial charge on any atom is 0.233 e. The molecule has 1 fully saturated rings. The molecule has 7 heteroatoms. The molecule has 98 valence electrons. The van der Waals surface area contributed by atoms with Gasteiger partial charge < -0.3 is 11.1 Å². The number of sulfone groups is 1. The zero-order valence-electron chi connectivity index (χ0n) is 10.0. The van der Waals surface area contributed by atoms with Crippen LogP contribution in [0.15, 0.2) is 0 Å². The van der Waals surface area contributed by atoms with Crippen molar-refractivity contribution in [1.82, 2.24) is 5.32 Å². The number of hydrogen-bond acceptors (Lipinski definition) is 4. The molecule has 5 nitrogen and oxygen atoms in total. The van der Waals surface area contributed by atoms with E-state index in [4.69, 9.17) is 18.0 Å². The maximum atomic E-state index is 12.0. The van der Waals surface area contributed by atoms with Crippen LogP contribution in [0.25, 0.3) is 0 Å². The van der Waals surface area contributed by atoms with Crippen molar-refractivity contribution in [2.45, 2.75) is 32.2 Å². The Balaban J connectivity index is 2.63. The SMILES string of the molecule is CC(CS(C)(=O)=O)NC(=O)C1(C(N)=S)CCC1. The van der Waals surface area contributed by atoms with Gasteiger partial charge in [0.25, 0.3) is 0 Å². The van der Waals surface area contributed by atoms with Crippen LogP contribution in [-0.4, -0.2) is 37.4 Å². The predicted octanol–water partition coefficient (Wildman–Crippen LogP) is -0.00790. The quantitative estimate of drug-likeness (QED) is 0.691. The normalized spacial score (nSPS) is 20.1. The first-order chi connectivity index (χ1) is 7.67. The molecule has 1 aliphatic carbocycles. The molecule has 1 amide bonds. The third-order valence-electron chi connectivity index (χ3n) is 3.04. The van der Waals surface area contributed by atoms with E-state index in [0.29, 0.717) is 12.8 Å². The minimum Gasteiger partial charge on any atom is -0.392 e. The van der Waals surface area contributed by atoms with Crippen LogP contribution in [0.2, 0.25) is 0 Å². The lowest BCUT2D eigenvalue weighted by Gasteiger charge is -2.39. The number of nitrogens with two attached hydrogens (primary N) is 1. The van der Waals surface area contributed by atoms with Crippen molar-refractivity contribution in [2.75, 3.05) is 12.0 Å². The van der Waals surface area contributed by atoms with E-state index in [1.807, 2.05) is 0 Å². The summed E-state index contributed by atoms with van der Waals surface area (Å²) in [7, 11) is -3.10. The first-order valence-corrected chi connectivity index (χ1v) is 7.93. The number of nitrogens with one attached hydrogen (secondary N) is 1. The summed E-state index contributed by atoms with van der Waals surface area (Å²) in [4.78, 5) is 12.2. The maximum absolute atomic E-state index is 12.0. The van der Waals surface area contributed by atoms with Gasteiger partial charge in [0.1, 0.15) is 9.84 Å². The van der Waals surface area contributed by atoms with Gasteiger partial charge in [-0.1, -0.05) is 18.6 Å². The molecule has 17 heavy (non-hydrogen) atoms. The molecule has 1 unspecified atom stereocenters. The van der Waals surface area contributed by atoms with Gasteiger partial charge in [0, 0.05) is 12.3 Å². The Hall–Kier alpha value is -0.690. The van der Waals surface area contributed by atoms with E-state index < -0.39 is 21.3 Å². The Morgan fingerprint density at radius 2 is 2.06 bits per heavy atom. The molecule has 0 radical (unpaired) electrons. The Bertz CT molecular complexity index is 427. The largest absolute Gasteiger partial charge is 0.392 e. The molecule has 0 aromatic heterocycles. The Labute approximate surface area is 107 Å². The number of rotatable bonds is 5. The van der Waals surface area contributed by atoms with Gasteiger partial charge in [-0.05, 0) is 19.8 Å². The van der Waals surface area contributed by atoms with Crippen molar-refractivity contribution in [3.05, 3.63) is 0 Å². The van der Waals surface area contributed by atoms with Crippen LogP contribution in [0.4, 0.5) is 0 Å². The van der Waals surface area contributed by atoms with E-state index in [1.54, 1.807) is 6.92 Å². The molecule has 0 spiro atoms. The standard InChI is InChI=1S/C10H18N2O3S2/c1-7(6-17(2,14)15)12-9(13)10(8(11)16)4-3-5-10/h7H,3-6H2,1-2H3,(H2,11,16)(H,12,13). The van der Waals surface area contributed by atoms with Crippen LogP contribution in [0.1, 0.15) is 26.2 Å². The van der Waals surface area contributed by atoms with E-state index in [2.05, 4.69) is 5.32 Å². The monoisotopic (exact) mass is 278 g/mol. The van der Waals surface area contributed by atoms with Crippen LogP contribution in [0, 0.1) is 5.41 Å². The zero-order chi connectivity index (χ0) is 13.3. The second-order valence-electron chi connectivity index (χ2n) is 4.77. The number of thiocarbonyl (C=S) groups is 1. The average Bonchev–Trinajstić information content (AvgIpc) is 1.94. The van der Waals surface area contributed by atoms with Gasteiger partial charge in [0.05, 0.1) is 16.2 Å². The summed E-state index contributed by atoms with van der Waals surface area (Å²) >= 11 is 4.92. The van der Waals surface area contributed by atoms with Gasteiger partial charge in [-0.25, -0.2) is 8.42 Å². The van der Waals surface area contributed by atoms with Crippen molar-refractivity contribution in [3.63, 3.8) is 0 Å². The summed E-state index contributed by atoms with van der Waals surface area (Å²) in [6.07, 6.45) is 3.37. The van der Waals surface area contributed by atoms with E-state index in [1.165, 1.54) is 0 Å². The molecule has 1 aliphatic rings. The number of hydrogen-bond donors (Lipinski definition) is 2. The molecule has 0 aromatic carbocycles. The number of amides is 1. The molecule has 0 aliphatic heterocycles. The van der Waals surface area contributed by atoms with Gasteiger partial charge in [0.2, 0.25) is 5.91 Å². The van der Waals surface area contributed by atoms with Crippen LogP contribution < -0.4 is 11.1 Å². The van der Waals surface area contributed by atoms with E-state index >= 15 is 0 Å². The molecule has 0 bridgehead atoms. The summed E-state index contributed by atoms with van der Waals surface area (Å²) in [6, 6.07) is -0.427. The zero-order valence-corrected chi connectivity index (χ0v) is 11.7. The molecular weight excluding hydrogens is 260 g/mol. The summed E-state index contributed by atoms with van der Waals surface area (Å²) in [5.41, 5.74) is 4.84. The first-order valence-electron chi connectivity index (χ1n) is 5.46. The third-order valence-corrected chi connectivity index (χ3v) is 4.54. The lowest BCUT2D eigenvalue weighted by atomic mass is 9.68.